The first-order valence-electron chi connectivity index (χ1n) is 10.1. The Morgan fingerprint density at radius 3 is 2.55 bits per heavy atom. The highest BCUT2D eigenvalue weighted by molar-refractivity contribution is 6.06. The second-order valence-corrected chi connectivity index (χ2v) is 7.47. The third-order valence-electron chi connectivity index (χ3n) is 5.60. The van der Waals surface area contributed by atoms with Crippen LogP contribution in [0.25, 0.3) is 0 Å². The molecule has 146 valence electrons. The molecule has 0 bridgehead atoms. The number of benzene rings is 2. The number of hydrogen-bond donors (Lipinski definition) is 1. The van der Waals surface area contributed by atoms with Crippen LogP contribution in [0.1, 0.15) is 28.9 Å². The maximum absolute atomic E-state index is 13.0. The first kappa shape index (κ1) is 17.7. The van der Waals surface area contributed by atoms with Crippen LogP contribution < -0.4 is 15.1 Å². The minimum Gasteiger partial charge on any atom is -0.372 e. The molecule has 6 nitrogen and oxygen atoms in total. The molecule has 5 rings (SSSR count). The van der Waals surface area contributed by atoms with Gasteiger partial charge in [0.15, 0.2) is 0 Å². The number of carbonyl (C=O) groups excluding carboxylic acids is 1. The van der Waals surface area contributed by atoms with E-state index in [1.807, 2.05) is 30.3 Å². The Morgan fingerprint density at radius 2 is 1.72 bits per heavy atom. The summed E-state index contributed by atoms with van der Waals surface area (Å²) >= 11 is 0. The van der Waals surface area contributed by atoms with Gasteiger partial charge < -0.3 is 15.1 Å². The van der Waals surface area contributed by atoms with E-state index in [1.165, 1.54) is 24.1 Å². The van der Waals surface area contributed by atoms with Crippen LogP contribution in [0.2, 0.25) is 0 Å². The average Bonchev–Trinajstić information content (AvgIpc) is 3.44. The van der Waals surface area contributed by atoms with E-state index in [-0.39, 0.29) is 5.91 Å². The van der Waals surface area contributed by atoms with Gasteiger partial charge in [-0.15, -0.1) is 0 Å². The molecule has 1 N–H and O–H groups in total. The van der Waals surface area contributed by atoms with E-state index in [2.05, 4.69) is 38.4 Å². The zero-order valence-corrected chi connectivity index (χ0v) is 16.2. The summed E-state index contributed by atoms with van der Waals surface area (Å²) < 4.78 is 0. The molecule has 0 saturated carbocycles. The molecule has 2 aliphatic heterocycles. The molecule has 2 aliphatic rings. The van der Waals surface area contributed by atoms with Gasteiger partial charge in [-0.1, -0.05) is 18.2 Å². The van der Waals surface area contributed by atoms with Gasteiger partial charge in [0, 0.05) is 42.9 Å². The summed E-state index contributed by atoms with van der Waals surface area (Å²) in [5.74, 6) is 0.335. The molecular formula is C23H23N5O. The fourth-order valence-corrected chi connectivity index (χ4v) is 4.09. The maximum Gasteiger partial charge on any atom is 0.277 e. The predicted octanol–water partition coefficient (Wildman–Crippen LogP) is 4.02. The number of nitrogens with zero attached hydrogens (tertiary/aromatic N) is 4. The van der Waals surface area contributed by atoms with Crippen LogP contribution in [0.3, 0.4) is 0 Å². The van der Waals surface area contributed by atoms with Crippen LogP contribution in [0.5, 0.6) is 0 Å². The number of aromatic nitrogens is 2. The Balaban J connectivity index is 1.32. The van der Waals surface area contributed by atoms with Crippen molar-refractivity contribution in [3.8, 4) is 0 Å². The number of amides is 1. The third kappa shape index (κ3) is 3.53. The highest BCUT2D eigenvalue weighted by Gasteiger charge is 2.26. The molecule has 1 amide bonds. The Bertz CT molecular complexity index is 1030. The van der Waals surface area contributed by atoms with Crippen LogP contribution in [-0.4, -0.2) is 35.5 Å². The number of carbonyl (C=O) groups is 1. The molecule has 6 heteroatoms. The quantitative estimate of drug-likeness (QED) is 0.735. The number of hydrogen-bond acceptors (Lipinski definition) is 5. The lowest BCUT2D eigenvalue weighted by Gasteiger charge is -2.18. The molecule has 29 heavy (non-hydrogen) atoms. The Kier molecular flexibility index (Phi) is 4.60. The first-order valence-corrected chi connectivity index (χ1v) is 10.1. The van der Waals surface area contributed by atoms with E-state index >= 15 is 0 Å². The topological polar surface area (TPSA) is 61.4 Å². The Labute approximate surface area is 170 Å². The van der Waals surface area contributed by atoms with E-state index in [0.717, 1.165) is 30.9 Å². The molecule has 3 heterocycles. The summed E-state index contributed by atoms with van der Waals surface area (Å²) in [5.41, 5.74) is 4.72. The molecule has 0 atom stereocenters. The maximum atomic E-state index is 13.0. The number of fused-ring (bicyclic) bond motifs is 1. The van der Waals surface area contributed by atoms with E-state index < -0.39 is 0 Å². The standard InChI is InChI=1S/C23H23N5O/c29-22(28-16-12-17-5-1-2-6-21(17)28)20-11-13-24-23(26-20)25-18-7-9-19(10-8-18)27-14-3-4-15-27/h1-2,5-11,13H,3-4,12,14-16H2,(H,24,25,26). The van der Waals surface area contributed by atoms with Gasteiger partial charge in [-0.25, -0.2) is 9.97 Å². The van der Waals surface area contributed by atoms with Gasteiger partial charge in [0.05, 0.1) is 0 Å². The summed E-state index contributed by atoms with van der Waals surface area (Å²) in [7, 11) is 0. The van der Waals surface area contributed by atoms with Crippen molar-refractivity contribution in [3.05, 3.63) is 72.1 Å². The predicted molar refractivity (Wildman–Crippen MR) is 115 cm³/mol. The van der Waals surface area contributed by atoms with Crippen LogP contribution in [0.4, 0.5) is 23.0 Å². The summed E-state index contributed by atoms with van der Waals surface area (Å²) in [4.78, 5) is 25.9. The Hall–Kier alpha value is -3.41. The molecular weight excluding hydrogens is 362 g/mol. The van der Waals surface area contributed by atoms with Gasteiger partial charge in [0.2, 0.25) is 5.95 Å². The van der Waals surface area contributed by atoms with E-state index in [1.54, 1.807) is 17.2 Å². The molecule has 3 aromatic rings. The zero-order valence-electron chi connectivity index (χ0n) is 16.2. The summed E-state index contributed by atoms with van der Waals surface area (Å²) in [6.45, 7) is 2.93. The van der Waals surface area contributed by atoms with E-state index in [9.17, 15) is 4.79 Å². The van der Waals surface area contributed by atoms with Crippen molar-refractivity contribution in [2.45, 2.75) is 19.3 Å². The molecule has 0 aliphatic carbocycles. The molecule has 2 aromatic carbocycles. The van der Waals surface area contributed by atoms with Crippen molar-refractivity contribution in [1.82, 2.24) is 9.97 Å². The smallest absolute Gasteiger partial charge is 0.277 e. The van der Waals surface area contributed by atoms with Crippen LogP contribution in [-0.2, 0) is 6.42 Å². The first-order chi connectivity index (χ1) is 14.3. The van der Waals surface area contributed by atoms with Gasteiger partial charge in [-0.2, -0.15) is 0 Å². The monoisotopic (exact) mass is 385 g/mol. The van der Waals surface area contributed by atoms with E-state index in [0.29, 0.717) is 18.2 Å². The number of anilines is 4. The number of para-hydroxylation sites is 1. The average molecular weight is 385 g/mol. The highest BCUT2D eigenvalue weighted by Crippen LogP contribution is 2.29. The lowest BCUT2D eigenvalue weighted by Crippen LogP contribution is -2.29. The molecule has 1 saturated heterocycles. The van der Waals surface area contributed by atoms with Crippen molar-refractivity contribution in [1.29, 1.82) is 0 Å². The molecule has 1 aromatic heterocycles. The van der Waals surface area contributed by atoms with E-state index in [4.69, 9.17) is 0 Å². The van der Waals surface area contributed by atoms with Crippen LogP contribution in [0.15, 0.2) is 60.8 Å². The second-order valence-electron chi connectivity index (χ2n) is 7.47. The van der Waals surface area contributed by atoms with Gasteiger partial charge in [0.1, 0.15) is 5.69 Å². The number of nitrogens with one attached hydrogen (secondary N) is 1. The van der Waals surface area contributed by atoms with Crippen LogP contribution >= 0.6 is 0 Å². The molecule has 0 spiro atoms. The lowest BCUT2D eigenvalue weighted by molar-refractivity contribution is 0.0984. The summed E-state index contributed by atoms with van der Waals surface area (Å²) in [6.07, 6.45) is 5.02. The third-order valence-corrected chi connectivity index (χ3v) is 5.60. The van der Waals surface area contributed by atoms with Gasteiger partial charge in [0.25, 0.3) is 5.91 Å². The van der Waals surface area contributed by atoms with Crippen molar-refractivity contribution < 1.29 is 4.79 Å². The fraction of sp³-hybridized carbons (Fsp3) is 0.261. The second kappa shape index (κ2) is 7.54. The molecule has 0 radical (unpaired) electrons. The van der Waals surface area contributed by atoms with Crippen molar-refractivity contribution >= 4 is 28.9 Å². The largest absolute Gasteiger partial charge is 0.372 e. The van der Waals surface area contributed by atoms with Gasteiger partial charge >= 0.3 is 0 Å². The minimum absolute atomic E-state index is 0.0928. The summed E-state index contributed by atoms with van der Waals surface area (Å²) in [5, 5.41) is 3.22. The molecule has 1 fully saturated rings. The van der Waals surface area contributed by atoms with Crippen molar-refractivity contribution in [2.24, 2.45) is 0 Å². The Morgan fingerprint density at radius 1 is 0.931 bits per heavy atom. The fourth-order valence-electron chi connectivity index (χ4n) is 4.09. The van der Waals surface area contributed by atoms with Gasteiger partial charge in [-0.3, -0.25) is 4.79 Å². The molecule has 0 unspecified atom stereocenters. The van der Waals surface area contributed by atoms with Crippen LogP contribution in [0, 0.1) is 0 Å². The lowest BCUT2D eigenvalue weighted by atomic mass is 10.2. The summed E-state index contributed by atoms with van der Waals surface area (Å²) in [6, 6.07) is 18.0. The zero-order chi connectivity index (χ0) is 19.6. The highest BCUT2D eigenvalue weighted by atomic mass is 16.2. The van der Waals surface area contributed by atoms with Crippen molar-refractivity contribution in [3.63, 3.8) is 0 Å². The normalized spacial score (nSPS) is 15.4. The van der Waals surface area contributed by atoms with Crippen molar-refractivity contribution in [2.75, 3.05) is 34.8 Å². The SMILES string of the molecule is O=C(c1ccnc(Nc2ccc(N3CCCC3)cc2)n1)N1CCc2ccccc21. The minimum atomic E-state index is -0.0928. The number of rotatable bonds is 4. The van der Waals surface area contributed by atoms with Gasteiger partial charge in [-0.05, 0) is 61.2 Å².